The molecule has 0 bridgehead atoms. The molecular formula is C53H90O24. The van der Waals surface area contributed by atoms with Crippen molar-refractivity contribution in [1.29, 1.82) is 0 Å². The molecule has 0 spiro atoms. The zero-order chi connectivity index (χ0) is 56.9. The number of hydrogen-bond acceptors (Lipinski definition) is 24. The SMILES string of the molecule is CC(C)(O)/C=C/CC(C)(O[C@@H]1O[C@H](CO[C@@H]2OC[C@@H](O)[C@H](O)[C@H]2O)[C@@H](O)[C@H](O)[C@H]1O)[C@H]1CC[C@]2(C)[C@@H]1[C@H](O)CC1[C@@]3(C)C[C@@H](O)[C@H](O[C@@H]4O[C@H](CO)[C@@H](O)[C@H](O)[C@H]4O[C@@H]4O[C@H](CO)[C@@H](O)[C@H](O)[C@H]4O)C(C)(C)C3CC[C@]12C. The Hall–Kier alpha value is -1.22. The molecule has 8 fully saturated rings. The van der Waals surface area contributed by atoms with Crippen LogP contribution in [0.3, 0.4) is 0 Å². The molecule has 4 saturated carbocycles. The zero-order valence-electron chi connectivity index (χ0n) is 45.4. The average molecular weight is 1110 g/mol. The maximum absolute atomic E-state index is 12.8. The molecule has 30 atom stereocenters. The smallest absolute Gasteiger partial charge is 0.187 e. The molecule has 0 radical (unpaired) electrons. The Balaban J connectivity index is 1.03. The largest absolute Gasteiger partial charge is 0.394 e. The number of ether oxygens (including phenoxy) is 8. The van der Waals surface area contributed by atoms with Gasteiger partial charge in [0.2, 0.25) is 0 Å². The molecule has 4 aliphatic heterocycles. The number of aliphatic hydroxyl groups is 16. The minimum absolute atomic E-state index is 0.155. The van der Waals surface area contributed by atoms with Crippen LogP contribution in [0.25, 0.3) is 0 Å². The van der Waals surface area contributed by atoms with Crippen molar-refractivity contribution in [1.82, 2.24) is 0 Å². The number of hydrogen-bond donors (Lipinski definition) is 16. The third-order valence-electron chi connectivity index (χ3n) is 20.3. The van der Waals surface area contributed by atoms with Gasteiger partial charge in [0.25, 0.3) is 0 Å². The first-order valence-electron chi connectivity index (χ1n) is 27.4. The van der Waals surface area contributed by atoms with Crippen molar-refractivity contribution in [2.24, 2.45) is 45.3 Å². The Morgan fingerprint density at radius 1 is 0.571 bits per heavy atom. The highest BCUT2D eigenvalue weighted by Gasteiger charge is 2.73. The maximum Gasteiger partial charge on any atom is 0.187 e. The van der Waals surface area contributed by atoms with Crippen LogP contribution in [-0.4, -0.2) is 254 Å². The fourth-order valence-electron chi connectivity index (χ4n) is 16.0. The highest BCUT2D eigenvalue weighted by molar-refractivity contribution is 5.22. The molecule has 0 amide bonds. The molecule has 8 aliphatic rings. The molecule has 446 valence electrons. The van der Waals surface area contributed by atoms with E-state index in [0.29, 0.717) is 32.1 Å². The molecule has 0 aromatic rings. The Kier molecular flexibility index (Phi) is 18.3. The first kappa shape index (κ1) is 61.8. The van der Waals surface area contributed by atoms with Crippen molar-refractivity contribution < 1.29 is 120 Å². The lowest BCUT2D eigenvalue weighted by atomic mass is 9.35. The fraction of sp³-hybridized carbons (Fsp3) is 0.962. The molecule has 77 heavy (non-hydrogen) atoms. The highest BCUT2D eigenvalue weighted by atomic mass is 16.8. The van der Waals surface area contributed by atoms with Crippen LogP contribution in [0.1, 0.15) is 100 Å². The number of rotatable bonds is 15. The summed E-state index contributed by atoms with van der Waals surface area (Å²) in [5.74, 6) is -1.14. The van der Waals surface area contributed by atoms with Crippen LogP contribution in [-0.2, 0) is 37.9 Å². The summed E-state index contributed by atoms with van der Waals surface area (Å²) >= 11 is 0. The fourth-order valence-corrected chi connectivity index (χ4v) is 16.0. The normalized spacial score (nSPS) is 53.1. The predicted octanol–water partition coefficient (Wildman–Crippen LogP) is -3.62. The van der Waals surface area contributed by atoms with Gasteiger partial charge in [-0.05, 0) is 111 Å². The molecule has 4 heterocycles. The number of fused-ring (bicyclic) bond motifs is 5. The van der Waals surface area contributed by atoms with Crippen molar-refractivity contribution in [2.75, 3.05) is 26.4 Å². The summed E-state index contributed by atoms with van der Waals surface area (Å²) in [5.41, 5.74) is -4.96. The third kappa shape index (κ3) is 11.0. The minimum atomic E-state index is -1.88. The van der Waals surface area contributed by atoms with Gasteiger partial charge >= 0.3 is 0 Å². The molecule has 16 N–H and O–H groups in total. The molecule has 8 rings (SSSR count). The Morgan fingerprint density at radius 2 is 1.13 bits per heavy atom. The monoisotopic (exact) mass is 1110 g/mol. The second kappa shape index (κ2) is 22.7. The van der Waals surface area contributed by atoms with E-state index in [0.717, 1.165) is 0 Å². The molecule has 0 aromatic heterocycles. The maximum atomic E-state index is 12.8. The second-order valence-electron chi connectivity index (χ2n) is 25.9. The Morgan fingerprint density at radius 3 is 1.75 bits per heavy atom. The molecule has 3 unspecified atom stereocenters. The van der Waals surface area contributed by atoms with Gasteiger partial charge in [-0.2, -0.15) is 0 Å². The van der Waals surface area contributed by atoms with Crippen LogP contribution in [0, 0.1) is 45.3 Å². The first-order valence-corrected chi connectivity index (χ1v) is 27.4. The van der Waals surface area contributed by atoms with Crippen LogP contribution >= 0.6 is 0 Å². The van der Waals surface area contributed by atoms with Crippen LogP contribution in [0.15, 0.2) is 12.2 Å². The Labute approximate surface area is 449 Å². The van der Waals surface area contributed by atoms with E-state index in [9.17, 15) is 81.7 Å². The van der Waals surface area contributed by atoms with E-state index in [1.165, 1.54) is 0 Å². The zero-order valence-corrected chi connectivity index (χ0v) is 45.4. The summed E-state index contributed by atoms with van der Waals surface area (Å²) < 4.78 is 48.3. The van der Waals surface area contributed by atoms with Gasteiger partial charge < -0.3 is 120 Å². The van der Waals surface area contributed by atoms with Gasteiger partial charge in [0, 0.05) is 0 Å². The van der Waals surface area contributed by atoms with Crippen molar-refractivity contribution in [3.05, 3.63) is 12.2 Å². The molecule has 24 nitrogen and oxygen atoms in total. The van der Waals surface area contributed by atoms with Gasteiger partial charge in [-0.15, -0.1) is 0 Å². The lowest BCUT2D eigenvalue weighted by molar-refractivity contribution is -0.383. The van der Waals surface area contributed by atoms with Gasteiger partial charge in [0.15, 0.2) is 25.2 Å². The van der Waals surface area contributed by atoms with Crippen molar-refractivity contribution in [3.8, 4) is 0 Å². The summed E-state index contributed by atoms with van der Waals surface area (Å²) in [6, 6.07) is 0. The van der Waals surface area contributed by atoms with Gasteiger partial charge in [-0.1, -0.05) is 46.8 Å². The summed E-state index contributed by atoms with van der Waals surface area (Å²) in [6.45, 7) is 13.3. The van der Waals surface area contributed by atoms with Crippen LogP contribution in [0.2, 0.25) is 0 Å². The molecule has 0 aromatic carbocycles. The predicted molar refractivity (Wildman–Crippen MR) is 263 cm³/mol. The van der Waals surface area contributed by atoms with Gasteiger partial charge in [-0.3, -0.25) is 0 Å². The van der Waals surface area contributed by atoms with E-state index >= 15 is 0 Å². The van der Waals surface area contributed by atoms with Crippen molar-refractivity contribution >= 4 is 0 Å². The lowest BCUT2D eigenvalue weighted by Gasteiger charge is -2.71. The van der Waals surface area contributed by atoms with E-state index in [2.05, 4.69) is 20.8 Å². The van der Waals surface area contributed by atoms with Gasteiger partial charge in [0.05, 0.1) is 55.9 Å². The summed E-state index contributed by atoms with van der Waals surface area (Å²) in [7, 11) is 0. The van der Waals surface area contributed by atoms with Crippen molar-refractivity contribution in [2.45, 2.75) is 247 Å². The summed E-state index contributed by atoms with van der Waals surface area (Å²) in [4.78, 5) is 0. The first-order chi connectivity index (χ1) is 35.8. The molecule has 24 heteroatoms. The van der Waals surface area contributed by atoms with E-state index in [1.807, 2.05) is 20.8 Å². The van der Waals surface area contributed by atoms with E-state index < -0.39 is 200 Å². The molecule has 4 saturated heterocycles. The van der Waals surface area contributed by atoms with Gasteiger partial charge in [-0.25, -0.2) is 0 Å². The van der Waals surface area contributed by atoms with E-state index in [-0.39, 0.29) is 31.3 Å². The van der Waals surface area contributed by atoms with Crippen LogP contribution in [0.4, 0.5) is 0 Å². The Bertz CT molecular complexity index is 2010. The van der Waals surface area contributed by atoms with E-state index in [1.54, 1.807) is 26.0 Å². The minimum Gasteiger partial charge on any atom is -0.394 e. The standard InChI is InChI=1S/C53H90O24/c1-48(2,69)12-9-13-53(8,77-46-41(68)37(64)35(62)28(74-46)21-71-44-39(66)32(59)25(58)20-70-44)22-10-14-52(7)31(22)23(56)16-30-50(5)17-24(57)43(49(3,4)29(50)11-15-51(30,52)6)76-47-42(38(65)34(61)27(19-55)73-47)75-45-40(67)36(63)33(60)26(18-54)72-45/h9,12,22-47,54-69H,10-11,13-21H2,1-8H3/b12-9+/t22-,23+,24+,25+,26+,27+,28+,29?,30?,31-,32-,33+,34+,35+,36-,37-,38-,39+,40+,41+,42+,43-,44-,45-,46-,47-,50-,51+,52+,53?/m0/s1. The average Bonchev–Trinajstić information content (AvgIpc) is 4.01. The second-order valence-corrected chi connectivity index (χ2v) is 25.9. The van der Waals surface area contributed by atoms with Crippen molar-refractivity contribution in [3.63, 3.8) is 0 Å². The molecule has 4 aliphatic carbocycles. The van der Waals surface area contributed by atoms with Crippen LogP contribution in [0.5, 0.6) is 0 Å². The topological polar surface area (TPSA) is 398 Å². The summed E-state index contributed by atoms with van der Waals surface area (Å²) in [5, 5.41) is 175. The highest BCUT2D eigenvalue weighted by Crippen LogP contribution is 2.76. The van der Waals surface area contributed by atoms with Gasteiger partial charge in [0.1, 0.15) is 91.6 Å². The summed E-state index contributed by atoms with van der Waals surface area (Å²) in [6.07, 6.45) is -27.3. The van der Waals surface area contributed by atoms with E-state index in [4.69, 9.17) is 37.9 Å². The third-order valence-corrected chi connectivity index (χ3v) is 20.3. The van der Waals surface area contributed by atoms with Crippen LogP contribution < -0.4 is 0 Å². The lowest BCUT2D eigenvalue weighted by Crippen LogP contribution is -2.70. The molecular weight excluding hydrogens is 1020 g/mol. The quantitative estimate of drug-likeness (QED) is 0.0556. The number of aliphatic hydroxyl groups excluding tert-OH is 15.